The highest BCUT2D eigenvalue weighted by atomic mass is 32.2. The Morgan fingerprint density at radius 2 is 1.91 bits per heavy atom. The molecule has 0 fully saturated rings. The second-order valence-corrected chi connectivity index (χ2v) is 8.16. The zero-order valence-electron chi connectivity index (χ0n) is 17.7. The number of hydrogen-bond acceptors (Lipinski definition) is 7. The van der Waals surface area contributed by atoms with Gasteiger partial charge in [0.1, 0.15) is 11.3 Å². The Morgan fingerprint density at radius 1 is 1.18 bits per heavy atom. The minimum absolute atomic E-state index is 0.00179. The fourth-order valence-electron chi connectivity index (χ4n) is 2.95. The molecule has 1 amide bonds. The maximum absolute atomic E-state index is 13.0. The standard InChI is InChI=1S/C21H21F3N4O5S/c22-21(23,24)12-33-14-5-3-13(4-6-14)28-19(32)18-15(7-9-26-18)27-20(28)34-11-1-2-16(29)25-10-8-17(30)31/h3-7,9,26H,1-2,8,10-12H2,(H,25,29)(H,30,31)/p-1. The molecule has 2 N–H and O–H groups in total. The summed E-state index contributed by atoms with van der Waals surface area (Å²) in [5, 5.41) is 13.2. The molecule has 0 aliphatic rings. The van der Waals surface area contributed by atoms with Crippen LogP contribution >= 0.6 is 11.8 Å². The number of aromatic nitrogens is 3. The zero-order chi connectivity index (χ0) is 24.7. The van der Waals surface area contributed by atoms with E-state index >= 15 is 0 Å². The third-order valence-corrected chi connectivity index (χ3v) is 5.50. The lowest BCUT2D eigenvalue weighted by Crippen LogP contribution is -2.30. The molecule has 34 heavy (non-hydrogen) atoms. The molecule has 0 saturated heterocycles. The number of benzene rings is 1. The van der Waals surface area contributed by atoms with Crippen molar-refractivity contribution >= 4 is 34.7 Å². The minimum atomic E-state index is -4.47. The number of fused-ring (bicyclic) bond motifs is 1. The summed E-state index contributed by atoms with van der Waals surface area (Å²) in [7, 11) is 0. The molecular weight excluding hydrogens is 477 g/mol. The Morgan fingerprint density at radius 3 is 2.59 bits per heavy atom. The average Bonchev–Trinajstić information content (AvgIpc) is 3.24. The van der Waals surface area contributed by atoms with E-state index in [-0.39, 0.29) is 42.1 Å². The van der Waals surface area contributed by atoms with E-state index in [0.717, 1.165) is 0 Å². The Balaban J connectivity index is 1.72. The van der Waals surface area contributed by atoms with Crippen molar-refractivity contribution in [3.63, 3.8) is 0 Å². The van der Waals surface area contributed by atoms with E-state index in [1.807, 2.05) is 0 Å². The van der Waals surface area contributed by atoms with Crippen LogP contribution in [0.15, 0.2) is 46.5 Å². The summed E-state index contributed by atoms with van der Waals surface area (Å²) in [5.41, 5.74) is 0.723. The van der Waals surface area contributed by atoms with Crippen LogP contribution in [0.3, 0.4) is 0 Å². The molecule has 0 spiro atoms. The van der Waals surface area contributed by atoms with Gasteiger partial charge in [0.15, 0.2) is 11.8 Å². The molecule has 0 unspecified atom stereocenters. The first-order valence-electron chi connectivity index (χ1n) is 10.1. The predicted octanol–water partition coefficient (Wildman–Crippen LogP) is 1.78. The van der Waals surface area contributed by atoms with E-state index in [0.29, 0.717) is 28.5 Å². The van der Waals surface area contributed by atoms with Crippen LogP contribution in [0.1, 0.15) is 19.3 Å². The van der Waals surface area contributed by atoms with E-state index in [1.165, 1.54) is 40.6 Å². The molecular formula is C21H20F3N4O5S-. The van der Waals surface area contributed by atoms with Gasteiger partial charge in [-0.1, -0.05) is 11.8 Å². The second kappa shape index (κ2) is 11.1. The summed E-state index contributed by atoms with van der Waals surface area (Å²) >= 11 is 1.24. The highest BCUT2D eigenvalue weighted by Gasteiger charge is 2.28. The second-order valence-electron chi connectivity index (χ2n) is 7.09. The first kappa shape index (κ1) is 25.1. The number of halogens is 3. The Kier molecular flexibility index (Phi) is 8.21. The van der Waals surface area contributed by atoms with Gasteiger partial charge in [-0.3, -0.25) is 14.2 Å². The zero-order valence-corrected chi connectivity index (χ0v) is 18.5. The summed E-state index contributed by atoms with van der Waals surface area (Å²) in [6.45, 7) is -1.44. The molecule has 0 aliphatic carbocycles. The quantitative estimate of drug-likeness (QED) is 0.235. The Hall–Kier alpha value is -3.48. The van der Waals surface area contributed by atoms with Gasteiger partial charge in [-0.15, -0.1) is 0 Å². The summed E-state index contributed by atoms with van der Waals surface area (Å²) in [4.78, 5) is 42.5. The molecule has 0 aliphatic heterocycles. The van der Waals surface area contributed by atoms with Gasteiger partial charge in [-0.2, -0.15) is 13.2 Å². The SMILES string of the molecule is O=C([O-])CCNC(=O)CCCSc1nc2cc[nH]c2c(=O)n1-c1ccc(OCC(F)(F)F)cc1. The molecule has 2 aromatic heterocycles. The van der Waals surface area contributed by atoms with Gasteiger partial charge in [-0.25, -0.2) is 4.98 Å². The molecule has 0 saturated carbocycles. The third kappa shape index (κ3) is 7.01. The largest absolute Gasteiger partial charge is 0.550 e. The van der Waals surface area contributed by atoms with E-state index in [2.05, 4.69) is 15.3 Å². The first-order valence-corrected chi connectivity index (χ1v) is 11.1. The number of amides is 1. The maximum Gasteiger partial charge on any atom is 0.422 e. The lowest BCUT2D eigenvalue weighted by molar-refractivity contribution is -0.305. The molecule has 3 aromatic rings. The number of aromatic amines is 1. The molecule has 0 atom stereocenters. The van der Waals surface area contributed by atoms with Crippen molar-refractivity contribution in [2.45, 2.75) is 30.6 Å². The van der Waals surface area contributed by atoms with Crippen molar-refractivity contribution in [2.75, 3.05) is 18.9 Å². The summed E-state index contributed by atoms with van der Waals surface area (Å²) < 4.78 is 43.1. The highest BCUT2D eigenvalue weighted by molar-refractivity contribution is 7.99. The van der Waals surface area contributed by atoms with Crippen molar-refractivity contribution in [3.8, 4) is 11.4 Å². The van der Waals surface area contributed by atoms with Crippen molar-refractivity contribution in [1.29, 1.82) is 0 Å². The van der Waals surface area contributed by atoms with E-state index in [9.17, 15) is 32.7 Å². The van der Waals surface area contributed by atoms with E-state index < -0.39 is 18.8 Å². The molecule has 182 valence electrons. The fraction of sp³-hybridized carbons (Fsp3) is 0.333. The van der Waals surface area contributed by atoms with Gasteiger partial charge in [-0.05, 0) is 36.8 Å². The number of nitrogens with zero attached hydrogens (tertiary/aromatic N) is 2. The number of aliphatic carboxylic acids is 1. The average molecular weight is 497 g/mol. The first-order chi connectivity index (χ1) is 16.1. The number of ether oxygens (including phenoxy) is 1. The minimum Gasteiger partial charge on any atom is -0.550 e. The number of carboxylic acid groups (broad SMARTS) is 1. The van der Waals surface area contributed by atoms with Gasteiger partial charge in [0, 0.05) is 37.3 Å². The summed E-state index contributed by atoms with van der Waals surface area (Å²) in [6.07, 6.45) is -2.57. The number of carboxylic acids is 1. The van der Waals surface area contributed by atoms with Crippen LogP contribution in [0, 0.1) is 0 Å². The summed E-state index contributed by atoms with van der Waals surface area (Å²) in [5.74, 6) is -1.12. The van der Waals surface area contributed by atoms with E-state index in [1.54, 1.807) is 12.3 Å². The van der Waals surface area contributed by atoms with Crippen LogP contribution in [0.4, 0.5) is 13.2 Å². The molecule has 0 radical (unpaired) electrons. The number of thioether (sulfide) groups is 1. The van der Waals surface area contributed by atoms with Crippen LogP contribution in [0.25, 0.3) is 16.7 Å². The Labute approximate surface area is 195 Å². The van der Waals surface area contributed by atoms with Crippen molar-refractivity contribution in [3.05, 3.63) is 46.9 Å². The number of H-pyrrole nitrogens is 1. The molecule has 2 heterocycles. The lowest BCUT2D eigenvalue weighted by Gasteiger charge is -2.13. The number of hydrogen-bond donors (Lipinski definition) is 2. The molecule has 9 nitrogen and oxygen atoms in total. The van der Waals surface area contributed by atoms with Crippen molar-refractivity contribution in [1.82, 2.24) is 19.9 Å². The van der Waals surface area contributed by atoms with Gasteiger partial charge in [0.05, 0.1) is 11.2 Å². The van der Waals surface area contributed by atoms with Gasteiger partial charge >= 0.3 is 6.18 Å². The Bertz CT molecular complexity index is 1210. The number of carbonyl (C=O) groups excluding carboxylic acids is 2. The number of rotatable bonds is 11. The molecule has 3 rings (SSSR count). The third-order valence-electron chi connectivity index (χ3n) is 4.48. The number of nitrogens with one attached hydrogen (secondary N) is 2. The van der Waals surface area contributed by atoms with Crippen LogP contribution in [0.5, 0.6) is 5.75 Å². The highest BCUT2D eigenvalue weighted by Crippen LogP contribution is 2.24. The van der Waals surface area contributed by atoms with Crippen LogP contribution in [0.2, 0.25) is 0 Å². The topological polar surface area (TPSA) is 129 Å². The maximum atomic E-state index is 13.0. The van der Waals surface area contributed by atoms with Crippen molar-refractivity contribution in [2.24, 2.45) is 0 Å². The monoisotopic (exact) mass is 497 g/mol. The van der Waals surface area contributed by atoms with E-state index in [4.69, 9.17) is 4.74 Å². The van der Waals surface area contributed by atoms with Crippen molar-refractivity contribution < 1.29 is 32.6 Å². The molecule has 13 heteroatoms. The normalized spacial score (nSPS) is 11.5. The fourth-order valence-corrected chi connectivity index (χ4v) is 3.90. The number of carbonyl (C=O) groups is 2. The molecule has 1 aromatic carbocycles. The lowest BCUT2D eigenvalue weighted by atomic mass is 10.3. The van der Waals surface area contributed by atoms with Crippen LogP contribution in [-0.2, 0) is 9.59 Å². The van der Waals surface area contributed by atoms with Gasteiger partial charge in [0.2, 0.25) is 5.91 Å². The predicted molar refractivity (Wildman–Crippen MR) is 116 cm³/mol. The summed E-state index contributed by atoms with van der Waals surface area (Å²) in [6, 6.07) is 7.22. The smallest absolute Gasteiger partial charge is 0.422 e. The van der Waals surface area contributed by atoms with Gasteiger partial charge in [0.25, 0.3) is 5.56 Å². The van der Waals surface area contributed by atoms with Crippen LogP contribution < -0.4 is 20.7 Å². The van der Waals surface area contributed by atoms with Crippen LogP contribution in [-0.4, -0.2) is 51.5 Å². The number of alkyl halides is 3. The molecule has 0 bridgehead atoms. The van der Waals surface area contributed by atoms with Gasteiger partial charge < -0.3 is 24.9 Å².